The highest BCUT2D eigenvalue weighted by Crippen LogP contribution is 1.78. The summed E-state index contributed by atoms with van der Waals surface area (Å²) in [6.07, 6.45) is 0. The molecule has 5 heteroatoms. The van der Waals surface area contributed by atoms with E-state index in [1.165, 1.54) is 0 Å². The summed E-state index contributed by atoms with van der Waals surface area (Å²) in [4.78, 5) is 0. The van der Waals surface area contributed by atoms with E-state index < -0.39 is 0 Å². The van der Waals surface area contributed by atoms with Crippen molar-refractivity contribution in [2.45, 2.75) is 6.92 Å². The van der Waals surface area contributed by atoms with Crippen LogP contribution in [0, 0.1) is 0 Å². The maximum absolute atomic E-state index is 4.68. The summed E-state index contributed by atoms with van der Waals surface area (Å²) in [5, 5.41) is 12.9. The quantitative estimate of drug-likeness (QED) is 0.172. The maximum Gasteiger partial charge on any atom is 0.171 e. The first-order chi connectivity index (χ1) is 3.81. The van der Waals surface area contributed by atoms with E-state index in [9.17, 15) is 0 Å². The maximum atomic E-state index is 4.68. The number of nitrogens with zero attached hydrogens (tertiary/aromatic N) is 4. The Morgan fingerprint density at radius 1 is 1.62 bits per heavy atom. The average Bonchev–Trinajstić information content (AvgIpc) is 1.68. The molecular weight excluding hydrogens is 106 g/mol. The minimum absolute atomic E-state index is 0.391. The number of amidine groups is 1. The lowest BCUT2D eigenvalue weighted by Gasteiger charge is -1.78. The molecule has 0 heterocycles. The predicted molar refractivity (Wildman–Crippen MR) is 31.7 cm³/mol. The molecule has 0 fully saturated rings. The SMILES string of the molecule is C=N/N=C(C)\N=N/N. The van der Waals surface area contributed by atoms with Crippen molar-refractivity contribution in [2.75, 3.05) is 0 Å². The molecule has 0 amide bonds. The minimum Gasteiger partial charge on any atom is -0.305 e. The van der Waals surface area contributed by atoms with Crippen molar-refractivity contribution in [2.24, 2.45) is 26.4 Å². The van der Waals surface area contributed by atoms with E-state index in [-0.39, 0.29) is 0 Å². The second-order valence-electron chi connectivity index (χ2n) is 1.00. The Hall–Kier alpha value is -1.26. The molecule has 0 spiro atoms. The van der Waals surface area contributed by atoms with Crippen molar-refractivity contribution >= 4 is 12.6 Å². The topological polar surface area (TPSA) is 75.5 Å². The Labute approximate surface area is 47.0 Å². The normalized spacial score (nSPS) is 12.4. The molecule has 0 aliphatic heterocycles. The van der Waals surface area contributed by atoms with E-state index >= 15 is 0 Å². The molecule has 0 atom stereocenters. The fourth-order valence-corrected chi connectivity index (χ4v) is 0.206. The Kier molecular flexibility index (Phi) is 3.30. The second kappa shape index (κ2) is 3.91. The molecular formula is C3H7N5. The number of hydrogen-bond acceptors (Lipinski definition) is 3. The minimum atomic E-state index is 0.391. The van der Waals surface area contributed by atoms with Gasteiger partial charge >= 0.3 is 0 Å². The molecule has 2 N–H and O–H groups in total. The molecule has 44 valence electrons. The molecule has 0 aromatic rings. The summed E-state index contributed by atoms with van der Waals surface area (Å²) in [6.45, 7) is 4.72. The lowest BCUT2D eigenvalue weighted by Crippen LogP contribution is -1.84. The largest absolute Gasteiger partial charge is 0.305 e. The Morgan fingerprint density at radius 2 is 2.25 bits per heavy atom. The molecule has 0 aromatic heterocycles. The van der Waals surface area contributed by atoms with Gasteiger partial charge in [0.15, 0.2) is 5.84 Å². The Morgan fingerprint density at radius 3 is 2.62 bits per heavy atom. The second-order valence-corrected chi connectivity index (χ2v) is 1.00. The van der Waals surface area contributed by atoms with Crippen molar-refractivity contribution in [3.63, 3.8) is 0 Å². The third kappa shape index (κ3) is 2.95. The van der Waals surface area contributed by atoms with Crippen molar-refractivity contribution in [3.8, 4) is 0 Å². The van der Waals surface area contributed by atoms with Crippen LogP contribution in [0.15, 0.2) is 20.5 Å². The van der Waals surface area contributed by atoms with Gasteiger partial charge in [0.05, 0.1) is 0 Å². The van der Waals surface area contributed by atoms with E-state index in [4.69, 9.17) is 0 Å². The summed E-state index contributed by atoms with van der Waals surface area (Å²) in [6, 6.07) is 0. The van der Waals surface area contributed by atoms with Crippen LogP contribution in [0.25, 0.3) is 0 Å². The first-order valence-corrected chi connectivity index (χ1v) is 1.92. The predicted octanol–water partition coefficient (Wildman–Crippen LogP) is 0.346. The van der Waals surface area contributed by atoms with E-state index in [1.807, 2.05) is 0 Å². The molecule has 0 aliphatic rings. The first kappa shape index (κ1) is 6.74. The van der Waals surface area contributed by atoms with Gasteiger partial charge in [-0.1, -0.05) is 5.22 Å². The molecule has 8 heavy (non-hydrogen) atoms. The van der Waals surface area contributed by atoms with Crippen LogP contribution in [0.3, 0.4) is 0 Å². The molecule has 0 bridgehead atoms. The summed E-state index contributed by atoms with van der Waals surface area (Å²) < 4.78 is 0. The molecule has 0 saturated carbocycles. The zero-order valence-corrected chi connectivity index (χ0v) is 4.57. The van der Waals surface area contributed by atoms with E-state index in [0.29, 0.717) is 5.84 Å². The van der Waals surface area contributed by atoms with Crippen molar-refractivity contribution in [3.05, 3.63) is 0 Å². The third-order valence-electron chi connectivity index (χ3n) is 0.418. The highest BCUT2D eigenvalue weighted by atomic mass is 15.3. The van der Waals surface area contributed by atoms with Crippen molar-refractivity contribution in [1.29, 1.82) is 0 Å². The molecule has 0 radical (unpaired) electrons. The van der Waals surface area contributed by atoms with Gasteiger partial charge in [-0.25, -0.2) is 0 Å². The highest BCUT2D eigenvalue weighted by molar-refractivity contribution is 5.79. The van der Waals surface area contributed by atoms with Crippen LogP contribution in [-0.2, 0) is 0 Å². The zero-order valence-electron chi connectivity index (χ0n) is 4.57. The Bertz CT molecular complexity index is 124. The first-order valence-electron chi connectivity index (χ1n) is 1.92. The zero-order chi connectivity index (χ0) is 6.41. The van der Waals surface area contributed by atoms with Gasteiger partial charge in [0, 0.05) is 6.72 Å². The van der Waals surface area contributed by atoms with E-state index in [0.717, 1.165) is 0 Å². The van der Waals surface area contributed by atoms with Crippen LogP contribution >= 0.6 is 0 Å². The third-order valence-corrected chi connectivity index (χ3v) is 0.418. The number of nitrogens with two attached hydrogens (primary N) is 1. The Balaban J connectivity index is 3.79. The van der Waals surface area contributed by atoms with Crippen LogP contribution in [0.2, 0.25) is 0 Å². The molecule has 0 aliphatic carbocycles. The van der Waals surface area contributed by atoms with Crippen LogP contribution in [-0.4, -0.2) is 12.6 Å². The van der Waals surface area contributed by atoms with Gasteiger partial charge in [-0.05, 0) is 6.92 Å². The van der Waals surface area contributed by atoms with Crippen molar-refractivity contribution in [1.82, 2.24) is 0 Å². The fourth-order valence-electron chi connectivity index (χ4n) is 0.206. The molecule has 0 unspecified atom stereocenters. The molecule has 0 aromatic carbocycles. The van der Waals surface area contributed by atoms with Crippen molar-refractivity contribution < 1.29 is 0 Å². The standard InChI is InChI=1S/C3H7N5/c1-3(6-5-2)7-8-4/h2H2,1H3,(H2,4,6,7). The van der Waals surface area contributed by atoms with Gasteiger partial charge in [-0.3, -0.25) is 0 Å². The monoisotopic (exact) mass is 113 g/mol. The molecule has 5 nitrogen and oxygen atoms in total. The van der Waals surface area contributed by atoms with Gasteiger partial charge in [0.1, 0.15) is 0 Å². The average molecular weight is 113 g/mol. The fraction of sp³-hybridized carbons (Fsp3) is 0.333. The number of hydrogen-bond donors (Lipinski definition) is 1. The van der Waals surface area contributed by atoms with Crippen LogP contribution in [0.1, 0.15) is 6.92 Å². The lowest BCUT2D eigenvalue weighted by molar-refractivity contribution is 1.06. The van der Waals surface area contributed by atoms with Gasteiger partial charge in [-0.15, -0.1) is 10.2 Å². The van der Waals surface area contributed by atoms with Gasteiger partial charge in [-0.2, -0.15) is 5.10 Å². The summed E-state index contributed by atoms with van der Waals surface area (Å²) >= 11 is 0. The molecule has 0 saturated heterocycles. The molecule has 0 rings (SSSR count). The summed E-state index contributed by atoms with van der Waals surface area (Å²) in [5.41, 5.74) is 0. The number of rotatable bonds is 1. The van der Waals surface area contributed by atoms with Gasteiger partial charge in [0.2, 0.25) is 0 Å². The van der Waals surface area contributed by atoms with Gasteiger partial charge in [0.25, 0.3) is 0 Å². The van der Waals surface area contributed by atoms with Crippen LogP contribution in [0.4, 0.5) is 0 Å². The summed E-state index contributed by atoms with van der Waals surface area (Å²) in [5.74, 6) is 5.07. The van der Waals surface area contributed by atoms with Crippen LogP contribution in [0.5, 0.6) is 0 Å². The smallest absolute Gasteiger partial charge is 0.171 e. The van der Waals surface area contributed by atoms with E-state index in [2.05, 4.69) is 33.1 Å². The summed E-state index contributed by atoms with van der Waals surface area (Å²) in [7, 11) is 0. The van der Waals surface area contributed by atoms with Gasteiger partial charge < -0.3 is 5.84 Å². The highest BCUT2D eigenvalue weighted by Gasteiger charge is 1.78. The lowest BCUT2D eigenvalue weighted by atomic mass is 10.7. The van der Waals surface area contributed by atoms with E-state index in [1.54, 1.807) is 6.92 Å². The van der Waals surface area contributed by atoms with Crippen LogP contribution < -0.4 is 5.84 Å².